The third kappa shape index (κ3) is 5.41. The van der Waals surface area contributed by atoms with Crippen molar-refractivity contribution in [2.75, 3.05) is 9.80 Å². The Morgan fingerprint density at radius 2 is 0.984 bits per heavy atom. The van der Waals surface area contributed by atoms with Gasteiger partial charge in [0, 0.05) is 72.1 Å². The van der Waals surface area contributed by atoms with Crippen LogP contribution in [0.25, 0.3) is 65.6 Å². The molecule has 290 valence electrons. The molecule has 3 heterocycles. The van der Waals surface area contributed by atoms with Gasteiger partial charge in [-0.3, -0.25) is 0 Å². The van der Waals surface area contributed by atoms with E-state index in [2.05, 4.69) is 189 Å². The van der Waals surface area contributed by atoms with Crippen molar-refractivity contribution in [3.8, 4) is 17.8 Å². The van der Waals surface area contributed by atoms with Gasteiger partial charge in [-0.1, -0.05) is 84.9 Å². The Morgan fingerprint density at radius 1 is 0.468 bits per heavy atom. The second-order valence-electron chi connectivity index (χ2n) is 16.0. The average Bonchev–Trinajstić information content (AvgIpc) is 3.97. The van der Waals surface area contributed by atoms with Crippen LogP contribution in [0.5, 0.6) is 0 Å². The minimum atomic E-state index is -0.141. The number of para-hydroxylation sites is 4. The lowest BCUT2D eigenvalue weighted by atomic mass is 9.99. The minimum Gasteiger partial charge on any atom is -0.311 e. The van der Waals surface area contributed by atoms with E-state index in [0.717, 1.165) is 61.6 Å². The van der Waals surface area contributed by atoms with E-state index in [9.17, 15) is 10.5 Å². The third-order valence-electron chi connectivity index (χ3n) is 12.5. The predicted molar refractivity (Wildman–Crippen MR) is 254 cm³/mol. The Kier molecular flexibility index (Phi) is 8.00. The Balaban J connectivity index is 1.14. The molecule has 6 heteroatoms. The highest BCUT2D eigenvalue weighted by atomic mass is 15.2. The fourth-order valence-electron chi connectivity index (χ4n) is 9.72. The Hall–Kier alpha value is -8.58. The van der Waals surface area contributed by atoms with E-state index in [4.69, 9.17) is 0 Å². The number of aromatic nitrogens is 2. The first kappa shape index (κ1) is 35.4. The molecule has 6 nitrogen and oxygen atoms in total. The van der Waals surface area contributed by atoms with Crippen LogP contribution in [0.15, 0.2) is 206 Å². The van der Waals surface area contributed by atoms with Crippen LogP contribution in [0.4, 0.5) is 28.4 Å². The van der Waals surface area contributed by atoms with Gasteiger partial charge in [-0.05, 0) is 122 Å². The lowest BCUT2D eigenvalue weighted by molar-refractivity contribution is 0.824. The van der Waals surface area contributed by atoms with Crippen molar-refractivity contribution in [2.45, 2.75) is 6.42 Å². The number of anilines is 5. The van der Waals surface area contributed by atoms with Gasteiger partial charge in [0.05, 0.1) is 51.2 Å². The number of rotatable bonds is 7. The maximum atomic E-state index is 9.71. The molecule has 0 spiro atoms. The smallest absolute Gasteiger partial charge is 0.0991 e. The van der Waals surface area contributed by atoms with Gasteiger partial charge >= 0.3 is 0 Å². The van der Waals surface area contributed by atoms with Crippen molar-refractivity contribution in [1.29, 1.82) is 10.5 Å². The maximum Gasteiger partial charge on any atom is 0.0991 e. The molecule has 0 saturated carbocycles. The number of hydrogen-bond acceptors (Lipinski definition) is 4. The summed E-state index contributed by atoms with van der Waals surface area (Å²) in [4.78, 5) is 4.55. The molecule has 0 saturated heterocycles. The molecular formula is C56H36N6. The van der Waals surface area contributed by atoms with Crippen LogP contribution in [0, 0.1) is 28.6 Å². The van der Waals surface area contributed by atoms with E-state index in [0.29, 0.717) is 12.0 Å². The van der Waals surface area contributed by atoms with Gasteiger partial charge in [-0.25, -0.2) is 0 Å². The highest BCUT2D eigenvalue weighted by molar-refractivity contribution is 6.24. The zero-order valence-corrected chi connectivity index (χ0v) is 33.5. The summed E-state index contributed by atoms with van der Waals surface area (Å²) >= 11 is 0. The second kappa shape index (κ2) is 14.0. The van der Waals surface area contributed by atoms with Crippen LogP contribution in [-0.4, -0.2) is 8.97 Å². The second-order valence-corrected chi connectivity index (χ2v) is 16.0. The first-order valence-electron chi connectivity index (χ1n) is 20.9. The van der Waals surface area contributed by atoms with Crippen LogP contribution in [-0.2, 0) is 0 Å². The number of fused-ring (bicyclic) bond motifs is 9. The normalized spacial score (nSPS) is 13.9. The molecule has 11 aromatic rings. The fourth-order valence-corrected chi connectivity index (χ4v) is 9.72. The van der Waals surface area contributed by atoms with E-state index >= 15 is 0 Å². The summed E-state index contributed by atoms with van der Waals surface area (Å²) < 4.78 is 4.86. The molecule has 1 aliphatic rings. The highest BCUT2D eigenvalue weighted by Gasteiger charge is 2.24. The van der Waals surface area contributed by atoms with Crippen molar-refractivity contribution in [3.05, 3.63) is 211 Å². The van der Waals surface area contributed by atoms with Crippen LogP contribution in [0.1, 0.15) is 12.0 Å². The van der Waals surface area contributed by atoms with Gasteiger partial charge in [0.25, 0.3) is 0 Å². The quantitative estimate of drug-likeness (QED) is 0.161. The molecule has 0 bridgehead atoms. The lowest BCUT2D eigenvalue weighted by Gasteiger charge is -2.28. The first-order chi connectivity index (χ1) is 30.7. The van der Waals surface area contributed by atoms with Gasteiger partial charge in [0.2, 0.25) is 0 Å². The van der Waals surface area contributed by atoms with E-state index in [1.807, 2.05) is 42.5 Å². The van der Waals surface area contributed by atoms with Crippen molar-refractivity contribution >= 4 is 88.3 Å². The Bertz CT molecular complexity index is 3610. The largest absolute Gasteiger partial charge is 0.311 e. The molecule has 0 N–H and O–H groups in total. The summed E-state index contributed by atoms with van der Waals surface area (Å²) in [7, 11) is 0. The van der Waals surface area contributed by atoms with E-state index in [-0.39, 0.29) is 5.92 Å². The SMILES string of the molecule is N#Cc1ccc(N(c2ccccc2)c2ccc3c(c2)c2cc(N(C4=CCC(C#N)C=C4)c4ccccc4)ccc2n3-c2cc3c4ccccc4n4c5ccccc5c(c2)c34)cc1. The molecule has 1 atom stereocenters. The molecule has 12 rings (SSSR count). The average molecular weight is 793 g/mol. The summed E-state index contributed by atoms with van der Waals surface area (Å²) in [6.45, 7) is 0. The summed E-state index contributed by atoms with van der Waals surface area (Å²) in [5.41, 5.74) is 13.7. The molecule has 1 unspecified atom stereocenters. The van der Waals surface area contributed by atoms with Crippen molar-refractivity contribution < 1.29 is 0 Å². The molecule has 0 radical (unpaired) electrons. The van der Waals surface area contributed by atoms with Crippen molar-refractivity contribution in [3.63, 3.8) is 0 Å². The molecule has 62 heavy (non-hydrogen) atoms. The zero-order valence-electron chi connectivity index (χ0n) is 33.5. The van der Waals surface area contributed by atoms with Crippen LogP contribution in [0.3, 0.4) is 0 Å². The minimum absolute atomic E-state index is 0.141. The maximum absolute atomic E-state index is 9.71. The molecular weight excluding hydrogens is 757 g/mol. The Morgan fingerprint density at radius 3 is 1.53 bits per heavy atom. The first-order valence-corrected chi connectivity index (χ1v) is 20.9. The topological polar surface area (TPSA) is 63.4 Å². The number of nitriles is 2. The number of allylic oxidation sites excluding steroid dienone is 3. The molecule has 1 aliphatic carbocycles. The van der Waals surface area contributed by atoms with Gasteiger partial charge in [-0.2, -0.15) is 10.5 Å². The molecule has 3 aromatic heterocycles. The number of hydrogen-bond donors (Lipinski definition) is 0. The molecule has 8 aromatic carbocycles. The van der Waals surface area contributed by atoms with Crippen LogP contribution < -0.4 is 9.80 Å². The van der Waals surface area contributed by atoms with E-state index in [1.165, 1.54) is 38.1 Å². The summed E-state index contributed by atoms with van der Waals surface area (Å²) in [5, 5.41) is 26.5. The summed E-state index contributed by atoms with van der Waals surface area (Å²) in [5.74, 6) is -0.141. The zero-order chi connectivity index (χ0) is 41.3. The predicted octanol–water partition coefficient (Wildman–Crippen LogP) is 14.4. The summed E-state index contributed by atoms with van der Waals surface area (Å²) in [6, 6.07) is 69.1. The van der Waals surface area contributed by atoms with Gasteiger partial charge in [0.1, 0.15) is 0 Å². The van der Waals surface area contributed by atoms with Crippen molar-refractivity contribution in [1.82, 2.24) is 8.97 Å². The Labute approximate surface area is 357 Å². The third-order valence-corrected chi connectivity index (χ3v) is 12.5. The van der Waals surface area contributed by atoms with Crippen LogP contribution in [0.2, 0.25) is 0 Å². The van der Waals surface area contributed by atoms with Gasteiger partial charge in [0.15, 0.2) is 0 Å². The summed E-state index contributed by atoms with van der Waals surface area (Å²) in [6.07, 6.45) is 6.93. The lowest BCUT2D eigenvalue weighted by Crippen LogP contribution is -2.17. The van der Waals surface area contributed by atoms with E-state index in [1.54, 1.807) is 0 Å². The molecule has 0 aliphatic heterocycles. The molecule has 0 fully saturated rings. The number of nitrogens with zero attached hydrogens (tertiary/aromatic N) is 6. The molecule has 0 amide bonds. The highest BCUT2D eigenvalue weighted by Crippen LogP contribution is 2.45. The van der Waals surface area contributed by atoms with Crippen molar-refractivity contribution in [2.24, 2.45) is 5.92 Å². The number of benzene rings is 8. The fraction of sp³-hybridized carbons (Fsp3) is 0.0357. The van der Waals surface area contributed by atoms with E-state index < -0.39 is 0 Å². The monoisotopic (exact) mass is 792 g/mol. The van der Waals surface area contributed by atoms with Gasteiger partial charge in [-0.15, -0.1) is 0 Å². The standard InChI is InChI=1S/C56H36N6/c57-35-37-19-23-41(24-20-37)59(39-11-3-1-4-12-39)43-27-29-54-48(31-43)49-32-44(60(40-13-5-2-6-14-40)42-25-21-38(36-58)22-26-42)28-30-55(49)61(54)45-33-50-46-15-7-9-17-52(46)62-53-18-10-8-16-47(53)51(34-45)56(50)62/h1-21,23-34,38H,22H2. The van der Waals surface area contributed by atoms with Gasteiger partial charge < -0.3 is 18.8 Å². The van der Waals surface area contributed by atoms with Crippen LogP contribution >= 0.6 is 0 Å².